The van der Waals surface area contributed by atoms with Crippen LogP contribution in [0.2, 0.25) is 0 Å². The van der Waals surface area contributed by atoms with E-state index < -0.39 is 5.82 Å². The van der Waals surface area contributed by atoms with Crippen LogP contribution in [-0.4, -0.2) is 43.7 Å². The molecule has 0 amide bonds. The highest BCUT2D eigenvalue weighted by Gasteiger charge is 2.31. The fourth-order valence-electron chi connectivity index (χ4n) is 2.99. The summed E-state index contributed by atoms with van der Waals surface area (Å²) in [5, 5.41) is 3.36. The largest absolute Gasteiger partial charge is 0.371 e. The van der Waals surface area contributed by atoms with E-state index in [0.717, 1.165) is 31.7 Å². The highest BCUT2D eigenvalue weighted by Crippen LogP contribution is 2.31. The number of hydrogen-bond donors (Lipinski definition) is 1. The van der Waals surface area contributed by atoms with Gasteiger partial charge in [0, 0.05) is 32.2 Å². The van der Waals surface area contributed by atoms with Gasteiger partial charge in [-0.3, -0.25) is 4.90 Å². The lowest BCUT2D eigenvalue weighted by molar-refractivity contribution is -0.0718. The Bertz CT molecular complexity index is 532. The predicted molar refractivity (Wildman–Crippen MR) is 74.3 cm³/mol. The Morgan fingerprint density at radius 3 is 3.10 bits per heavy atom. The molecule has 2 saturated heterocycles. The molecule has 5 heteroatoms. The van der Waals surface area contributed by atoms with Crippen LogP contribution in [0.3, 0.4) is 0 Å². The predicted octanol–water partition coefficient (Wildman–Crippen LogP) is 2.03. The first-order chi connectivity index (χ1) is 9.69. The second-order valence-corrected chi connectivity index (χ2v) is 5.45. The molecular weight excluding hydrogens is 257 g/mol. The van der Waals surface area contributed by atoms with Crippen molar-refractivity contribution in [1.29, 1.82) is 0 Å². The molecule has 0 aromatic heterocycles. The highest BCUT2D eigenvalue weighted by molar-refractivity contribution is 5.54. The molecule has 106 valence electrons. The lowest BCUT2D eigenvalue weighted by atomic mass is 10.0. The van der Waals surface area contributed by atoms with Gasteiger partial charge in [-0.1, -0.05) is 6.07 Å². The van der Waals surface area contributed by atoms with Crippen molar-refractivity contribution in [2.75, 3.05) is 32.8 Å². The van der Waals surface area contributed by atoms with Crippen molar-refractivity contribution in [3.63, 3.8) is 0 Å². The van der Waals surface area contributed by atoms with E-state index in [4.69, 9.17) is 11.3 Å². The summed E-state index contributed by atoms with van der Waals surface area (Å²) in [5.41, 5.74) is 1.63. The third-order valence-corrected chi connectivity index (χ3v) is 4.12. The Hall–Kier alpha value is -1.48. The Morgan fingerprint density at radius 2 is 2.35 bits per heavy atom. The van der Waals surface area contributed by atoms with Gasteiger partial charge < -0.3 is 10.1 Å². The average molecular weight is 275 g/mol. The molecule has 2 atom stereocenters. The number of nitrogens with zero attached hydrogens (tertiary/aromatic N) is 2. The van der Waals surface area contributed by atoms with E-state index >= 15 is 0 Å². The van der Waals surface area contributed by atoms with Crippen molar-refractivity contribution in [3.05, 3.63) is 40.5 Å². The molecule has 2 aliphatic heterocycles. The average Bonchev–Trinajstić information content (AvgIpc) is 2.46. The quantitative estimate of drug-likeness (QED) is 0.795. The fraction of sp³-hybridized carbons (Fsp3) is 0.533. The molecule has 4 nitrogen and oxygen atoms in total. The van der Waals surface area contributed by atoms with Crippen molar-refractivity contribution in [1.82, 2.24) is 10.2 Å². The van der Waals surface area contributed by atoms with Crippen LogP contribution < -0.4 is 5.32 Å². The maximum absolute atomic E-state index is 13.9. The van der Waals surface area contributed by atoms with Crippen LogP contribution in [0, 0.1) is 19.3 Å². The standard InChI is InChI=1S/C15H18FN3O/c1-10-5-11(6-13(16)15(10)17-2)14-8-19-4-3-18-7-12(19)9-20-14/h5-6,12,14,18H,3-4,7-9H2,1H3/t12-,14+/m0/s1. The summed E-state index contributed by atoms with van der Waals surface area (Å²) >= 11 is 0. The normalized spacial score (nSPS) is 26.9. The lowest BCUT2D eigenvalue weighted by Gasteiger charge is -2.42. The zero-order chi connectivity index (χ0) is 14.1. The first kappa shape index (κ1) is 13.5. The fourth-order valence-corrected chi connectivity index (χ4v) is 2.99. The van der Waals surface area contributed by atoms with Crippen LogP contribution in [0.15, 0.2) is 12.1 Å². The van der Waals surface area contributed by atoms with Gasteiger partial charge in [-0.15, -0.1) is 0 Å². The van der Waals surface area contributed by atoms with Crippen molar-refractivity contribution in [3.8, 4) is 0 Å². The molecule has 0 radical (unpaired) electrons. The molecule has 0 aliphatic carbocycles. The van der Waals surface area contributed by atoms with Crippen molar-refractivity contribution in [2.24, 2.45) is 0 Å². The molecule has 0 saturated carbocycles. The van der Waals surface area contributed by atoms with Gasteiger partial charge in [0.05, 0.1) is 19.3 Å². The maximum atomic E-state index is 13.9. The third-order valence-electron chi connectivity index (χ3n) is 4.12. The van der Waals surface area contributed by atoms with Crippen molar-refractivity contribution in [2.45, 2.75) is 19.1 Å². The minimum Gasteiger partial charge on any atom is -0.371 e. The van der Waals surface area contributed by atoms with Crippen LogP contribution in [0.4, 0.5) is 10.1 Å². The minimum atomic E-state index is -0.443. The zero-order valence-electron chi connectivity index (χ0n) is 11.5. The summed E-state index contributed by atoms with van der Waals surface area (Å²) in [5.74, 6) is -0.443. The van der Waals surface area contributed by atoms with E-state index in [-0.39, 0.29) is 11.8 Å². The molecule has 0 unspecified atom stereocenters. The van der Waals surface area contributed by atoms with Gasteiger partial charge in [-0.25, -0.2) is 9.24 Å². The van der Waals surface area contributed by atoms with Gasteiger partial charge in [-0.2, -0.15) is 0 Å². The van der Waals surface area contributed by atoms with Gasteiger partial charge in [0.2, 0.25) is 5.69 Å². The minimum absolute atomic E-state index is 0.0997. The van der Waals surface area contributed by atoms with Gasteiger partial charge in [0.25, 0.3) is 0 Å². The van der Waals surface area contributed by atoms with E-state index in [9.17, 15) is 4.39 Å². The van der Waals surface area contributed by atoms with Crippen LogP contribution in [0.5, 0.6) is 0 Å². The number of benzene rings is 1. The van der Waals surface area contributed by atoms with E-state index in [1.54, 1.807) is 6.92 Å². The first-order valence-corrected chi connectivity index (χ1v) is 6.93. The maximum Gasteiger partial charge on any atom is 0.224 e. The van der Waals surface area contributed by atoms with Gasteiger partial charge in [-0.05, 0) is 24.1 Å². The summed E-state index contributed by atoms with van der Waals surface area (Å²) in [6, 6.07) is 3.76. The molecule has 0 bridgehead atoms. The molecule has 0 spiro atoms. The Morgan fingerprint density at radius 1 is 1.50 bits per heavy atom. The molecule has 3 rings (SSSR count). The summed E-state index contributed by atoms with van der Waals surface area (Å²) in [6.07, 6.45) is -0.0997. The van der Waals surface area contributed by atoms with E-state index in [2.05, 4.69) is 15.1 Å². The van der Waals surface area contributed by atoms with Crippen LogP contribution in [0.25, 0.3) is 4.85 Å². The van der Waals surface area contributed by atoms with E-state index in [1.807, 2.05) is 6.07 Å². The molecule has 20 heavy (non-hydrogen) atoms. The highest BCUT2D eigenvalue weighted by atomic mass is 19.1. The lowest BCUT2D eigenvalue weighted by Crippen LogP contribution is -2.57. The van der Waals surface area contributed by atoms with Crippen LogP contribution in [-0.2, 0) is 4.74 Å². The van der Waals surface area contributed by atoms with Crippen LogP contribution >= 0.6 is 0 Å². The monoisotopic (exact) mass is 275 g/mol. The summed E-state index contributed by atoms with van der Waals surface area (Å²) in [6.45, 7) is 13.2. The molecule has 2 aliphatic rings. The Labute approximate surface area is 118 Å². The summed E-state index contributed by atoms with van der Waals surface area (Å²) in [4.78, 5) is 5.64. The Balaban J connectivity index is 1.82. The summed E-state index contributed by atoms with van der Waals surface area (Å²) < 4.78 is 19.8. The number of morpholine rings is 1. The molecule has 2 heterocycles. The van der Waals surface area contributed by atoms with Gasteiger partial charge in [0.15, 0.2) is 0 Å². The number of rotatable bonds is 1. The first-order valence-electron chi connectivity index (χ1n) is 6.93. The van der Waals surface area contributed by atoms with Gasteiger partial charge in [0.1, 0.15) is 5.82 Å². The second-order valence-electron chi connectivity index (χ2n) is 5.45. The number of nitrogens with one attached hydrogen (secondary N) is 1. The Kier molecular flexibility index (Phi) is 3.70. The molecule has 2 fully saturated rings. The SMILES string of the molecule is [C-]#[N+]c1c(C)cc([C@H]2CN3CCNC[C@H]3CO2)cc1F. The number of hydrogen-bond acceptors (Lipinski definition) is 3. The third kappa shape index (κ3) is 2.42. The van der Waals surface area contributed by atoms with Crippen molar-refractivity contribution >= 4 is 5.69 Å². The smallest absolute Gasteiger partial charge is 0.224 e. The van der Waals surface area contributed by atoms with Crippen molar-refractivity contribution < 1.29 is 9.13 Å². The molecule has 1 N–H and O–H groups in total. The van der Waals surface area contributed by atoms with E-state index in [0.29, 0.717) is 18.2 Å². The number of ether oxygens (including phenoxy) is 1. The second kappa shape index (κ2) is 5.49. The zero-order valence-corrected chi connectivity index (χ0v) is 11.5. The summed E-state index contributed by atoms with van der Waals surface area (Å²) in [7, 11) is 0. The molecular formula is C15H18FN3O. The van der Waals surface area contributed by atoms with Gasteiger partial charge >= 0.3 is 0 Å². The number of fused-ring (bicyclic) bond motifs is 1. The van der Waals surface area contributed by atoms with Crippen LogP contribution in [0.1, 0.15) is 17.2 Å². The number of halogens is 1. The number of piperazine rings is 1. The van der Waals surface area contributed by atoms with E-state index in [1.165, 1.54) is 6.07 Å². The number of aryl methyl sites for hydroxylation is 1. The molecule has 1 aromatic rings. The topological polar surface area (TPSA) is 28.9 Å². The molecule has 1 aromatic carbocycles.